The molecule has 0 spiro atoms. The number of hydrogen-bond donors (Lipinski definition) is 2. The number of rotatable bonds is 4. The number of aromatic amines is 1. The average Bonchev–Trinajstić information content (AvgIpc) is 3.05. The zero-order valence-electron chi connectivity index (χ0n) is 18.0. The van der Waals surface area contributed by atoms with Crippen LogP contribution in [0.2, 0.25) is 0 Å². The monoisotopic (exact) mass is 411 g/mol. The number of fused-ring (bicyclic) bond motifs is 4. The van der Waals surface area contributed by atoms with E-state index in [1.165, 1.54) is 0 Å². The molecule has 1 aromatic carbocycles. The third-order valence-electron chi connectivity index (χ3n) is 5.86. The van der Waals surface area contributed by atoms with Gasteiger partial charge in [-0.15, -0.1) is 0 Å². The lowest BCUT2D eigenvalue weighted by atomic mass is 9.87. The molecule has 2 aliphatic heterocycles. The second-order valence-corrected chi connectivity index (χ2v) is 9.14. The molecular weight excluding hydrogens is 382 g/mol. The molecule has 0 bridgehead atoms. The number of piperazine rings is 1. The molecule has 2 unspecified atom stereocenters. The molecule has 2 amide bonds. The predicted molar refractivity (Wildman–Crippen MR) is 113 cm³/mol. The summed E-state index contributed by atoms with van der Waals surface area (Å²) in [6.45, 7) is 7.44. The van der Waals surface area contributed by atoms with Crippen LogP contribution in [0.3, 0.4) is 0 Å². The van der Waals surface area contributed by atoms with E-state index in [9.17, 15) is 14.4 Å². The number of carbonyl (C=O) groups is 3. The van der Waals surface area contributed by atoms with Gasteiger partial charge in [0.1, 0.15) is 17.7 Å². The second kappa shape index (κ2) is 7.45. The fourth-order valence-corrected chi connectivity index (χ4v) is 4.66. The molecular formula is C23H29N3O4. The molecule has 2 aromatic rings. The number of hydrogen-bond acceptors (Lipinski definition) is 4. The van der Waals surface area contributed by atoms with Gasteiger partial charge in [-0.1, -0.05) is 25.1 Å². The van der Waals surface area contributed by atoms with E-state index in [-0.39, 0.29) is 36.7 Å². The Bertz CT molecular complexity index is 1000. The Hall–Kier alpha value is -2.83. The smallest absolute Gasteiger partial charge is 0.306 e. The van der Waals surface area contributed by atoms with Crippen molar-refractivity contribution in [2.45, 2.75) is 77.1 Å². The highest BCUT2D eigenvalue weighted by molar-refractivity contribution is 5.99. The number of ether oxygens (including phenoxy) is 1. The summed E-state index contributed by atoms with van der Waals surface area (Å²) in [7, 11) is 0. The van der Waals surface area contributed by atoms with Crippen molar-refractivity contribution in [3.63, 3.8) is 0 Å². The third kappa shape index (κ3) is 3.57. The van der Waals surface area contributed by atoms with Crippen molar-refractivity contribution in [1.82, 2.24) is 15.2 Å². The number of para-hydroxylation sites is 1. The Kier molecular flexibility index (Phi) is 5.08. The topological polar surface area (TPSA) is 91.5 Å². The quantitative estimate of drug-likeness (QED) is 0.757. The molecule has 0 saturated carbocycles. The van der Waals surface area contributed by atoms with Crippen LogP contribution in [0.1, 0.15) is 64.3 Å². The Morgan fingerprint density at radius 3 is 2.67 bits per heavy atom. The SMILES string of the molecule is CCC1c2[nH]c3ccccc3c2C[C@H]2C(=O)NC(CCC(=O)OC(C)(C)C)C(=O)N12. The first-order valence-corrected chi connectivity index (χ1v) is 10.6. The number of H-pyrrole nitrogens is 1. The maximum atomic E-state index is 13.3. The average molecular weight is 412 g/mol. The van der Waals surface area contributed by atoms with Gasteiger partial charge >= 0.3 is 5.97 Å². The summed E-state index contributed by atoms with van der Waals surface area (Å²) >= 11 is 0. The van der Waals surface area contributed by atoms with Crippen LogP contribution in [-0.2, 0) is 25.5 Å². The molecule has 1 fully saturated rings. The van der Waals surface area contributed by atoms with Crippen molar-refractivity contribution < 1.29 is 19.1 Å². The second-order valence-electron chi connectivity index (χ2n) is 9.14. The maximum absolute atomic E-state index is 13.3. The molecule has 7 nitrogen and oxygen atoms in total. The number of amides is 2. The molecule has 2 aliphatic rings. The minimum Gasteiger partial charge on any atom is -0.460 e. The number of esters is 1. The van der Waals surface area contributed by atoms with E-state index in [2.05, 4.69) is 16.4 Å². The summed E-state index contributed by atoms with van der Waals surface area (Å²) in [5.74, 6) is -0.646. The summed E-state index contributed by atoms with van der Waals surface area (Å²) in [5.41, 5.74) is 2.58. The van der Waals surface area contributed by atoms with Crippen molar-refractivity contribution >= 4 is 28.7 Å². The molecule has 0 radical (unpaired) electrons. The standard InChI is InChI=1S/C23H29N3O4/c1-5-17-20-14(13-8-6-7-9-15(13)24-20)12-18-21(28)25-16(22(29)26(17)18)10-11-19(27)30-23(2,3)4/h6-9,16-18,24H,5,10-12H2,1-4H3,(H,25,28)/t16?,17?,18-/m0/s1. The minimum atomic E-state index is -0.707. The molecule has 3 atom stereocenters. The van der Waals surface area contributed by atoms with Crippen LogP contribution in [0.5, 0.6) is 0 Å². The van der Waals surface area contributed by atoms with Crippen LogP contribution in [0.25, 0.3) is 10.9 Å². The minimum absolute atomic E-state index is 0.0842. The van der Waals surface area contributed by atoms with Gasteiger partial charge in [0, 0.05) is 29.4 Å². The van der Waals surface area contributed by atoms with Crippen LogP contribution in [-0.4, -0.2) is 45.4 Å². The number of aromatic nitrogens is 1. The van der Waals surface area contributed by atoms with Crippen LogP contribution in [0.15, 0.2) is 24.3 Å². The van der Waals surface area contributed by atoms with Crippen molar-refractivity contribution in [2.24, 2.45) is 0 Å². The Labute approximate surface area is 176 Å². The Morgan fingerprint density at radius 2 is 1.97 bits per heavy atom. The van der Waals surface area contributed by atoms with Crippen LogP contribution >= 0.6 is 0 Å². The lowest BCUT2D eigenvalue weighted by molar-refractivity contribution is -0.157. The Balaban J connectivity index is 1.59. The van der Waals surface area contributed by atoms with E-state index < -0.39 is 17.7 Å². The van der Waals surface area contributed by atoms with Crippen LogP contribution in [0, 0.1) is 0 Å². The number of nitrogens with zero attached hydrogens (tertiary/aromatic N) is 1. The van der Waals surface area contributed by atoms with E-state index in [1.807, 2.05) is 25.1 Å². The summed E-state index contributed by atoms with van der Waals surface area (Å²) in [4.78, 5) is 43.6. The zero-order valence-corrected chi connectivity index (χ0v) is 18.0. The fourth-order valence-electron chi connectivity index (χ4n) is 4.66. The molecule has 1 saturated heterocycles. The first-order chi connectivity index (χ1) is 14.2. The molecule has 0 aliphatic carbocycles. The summed E-state index contributed by atoms with van der Waals surface area (Å²) < 4.78 is 5.34. The van der Waals surface area contributed by atoms with Gasteiger partial charge in [-0.05, 0) is 45.2 Å². The van der Waals surface area contributed by atoms with Crippen LogP contribution in [0.4, 0.5) is 0 Å². The van der Waals surface area contributed by atoms with E-state index in [0.717, 1.165) is 22.2 Å². The number of carbonyl (C=O) groups excluding carboxylic acids is 3. The molecule has 2 N–H and O–H groups in total. The molecule has 3 heterocycles. The number of benzene rings is 1. The van der Waals surface area contributed by atoms with Gasteiger partial charge in [-0.25, -0.2) is 0 Å². The Morgan fingerprint density at radius 1 is 1.23 bits per heavy atom. The molecule has 4 rings (SSSR count). The van der Waals surface area contributed by atoms with Gasteiger partial charge < -0.3 is 19.9 Å². The number of nitrogens with one attached hydrogen (secondary N) is 2. The van der Waals surface area contributed by atoms with Gasteiger partial charge in [-0.2, -0.15) is 0 Å². The normalized spacial score (nSPS) is 23.7. The molecule has 30 heavy (non-hydrogen) atoms. The van der Waals surface area contributed by atoms with Crippen molar-refractivity contribution in [1.29, 1.82) is 0 Å². The van der Waals surface area contributed by atoms with Crippen molar-refractivity contribution in [3.05, 3.63) is 35.5 Å². The lowest BCUT2D eigenvalue weighted by Gasteiger charge is -2.46. The van der Waals surface area contributed by atoms with Gasteiger partial charge in [0.2, 0.25) is 11.8 Å². The summed E-state index contributed by atoms with van der Waals surface area (Å²) in [6, 6.07) is 6.62. The van der Waals surface area contributed by atoms with Crippen molar-refractivity contribution in [3.8, 4) is 0 Å². The van der Waals surface area contributed by atoms with E-state index >= 15 is 0 Å². The van der Waals surface area contributed by atoms with Gasteiger partial charge in [0.25, 0.3) is 0 Å². The van der Waals surface area contributed by atoms with E-state index in [4.69, 9.17) is 4.74 Å². The molecule has 160 valence electrons. The highest BCUT2D eigenvalue weighted by atomic mass is 16.6. The van der Waals surface area contributed by atoms with Gasteiger partial charge in [-0.3, -0.25) is 14.4 Å². The fraction of sp³-hybridized carbons (Fsp3) is 0.522. The largest absolute Gasteiger partial charge is 0.460 e. The van der Waals surface area contributed by atoms with Crippen LogP contribution < -0.4 is 5.32 Å². The lowest BCUT2D eigenvalue weighted by Crippen LogP contribution is -2.65. The van der Waals surface area contributed by atoms with Gasteiger partial charge in [0.15, 0.2) is 0 Å². The first kappa shape index (κ1) is 20.4. The zero-order chi connectivity index (χ0) is 21.6. The van der Waals surface area contributed by atoms with E-state index in [0.29, 0.717) is 12.8 Å². The van der Waals surface area contributed by atoms with E-state index in [1.54, 1.807) is 25.7 Å². The maximum Gasteiger partial charge on any atom is 0.306 e. The summed E-state index contributed by atoms with van der Waals surface area (Å²) in [6.07, 6.45) is 1.51. The highest BCUT2D eigenvalue weighted by Gasteiger charge is 2.47. The predicted octanol–water partition coefficient (Wildman–Crippen LogP) is 2.99. The highest BCUT2D eigenvalue weighted by Crippen LogP contribution is 2.40. The first-order valence-electron chi connectivity index (χ1n) is 10.6. The van der Waals surface area contributed by atoms with Gasteiger partial charge in [0.05, 0.1) is 6.04 Å². The molecule has 7 heteroatoms. The molecule has 1 aromatic heterocycles. The third-order valence-corrected chi connectivity index (χ3v) is 5.86. The summed E-state index contributed by atoms with van der Waals surface area (Å²) in [5, 5.41) is 3.96. The van der Waals surface area contributed by atoms with Crippen molar-refractivity contribution in [2.75, 3.05) is 0 Å².